The molecule has 0 spiro atoms. The van der Waals surface area contributed by atoms with Crippen molar-refractivity contribution in [3.8, 4) is 0 Å². The average molecular weight is 333 g/mol. The lowest BCUT2D eigenvalue weighted by Gasteiger charge is -2.14. The first-order chi connectivity index (χ1) is 12.1. The Hall–Kier alpha value is -3.21. The Balaban J connectivity index is 1.61. The van der Waals surface area contributed by atoms with Crippen molar-refractivity contribution in [1.82, 2.24) is 10.3 Å². The largest absolute Gasteiger partial charge is 0.349 e. The summed E-state index contributed by atoms with van der Waals surface area (Å²) in [5.41, 5.74) is 2.30. The summed E-state index contributed by atoms with van der Waals surface area (Å²) < 4.78 is 0. The second-order valence-electron chi connectivity index (χ2n) is 5.81. The van der Waals surface area contributed by atoms with E-state index in [0.717, 1.165) is 10.9 Å². The Morgan fingerprint density at radius 1 is 0.960 bits per heavy atom. The molecule has 1 unspecified atom stereocenters. The van der Waals surface area contributed by atoms with Crippen LogP contribution in [0.1, 0.15) is 24.9 Å². The zero-order valence-electron chi connectivity index (χ0n) is 13.9. The van der Waals surface area contributed by atoms with Crippen LogP contribution in [0.2, 0.25) is 0 Å². The van der Waals surface area contributed by atoms with E-state index in [-0.39, 0.29) is 24.3 Å². The van der Waals surface area contributed by atoms with Crippen molar-refractivity contribution in [2.24, 2.45) is 0 Å². The van der Waals surface area contributed by atoms with Gasteiger partial charge in [0.2, 0.25) is 11.8 Å². The van der Waals surface area contributed by atoms with Crippen molar-refractivity contribution in [3.05, 3.63) is 72.4 Å². The summed E-state index contributed by atoms with van der Waals surface area (Å²) >= 11 is 0. The maximum atomic E-state index is 12.2. The summed E-state index contributed by atoms with van der Waals surface area (Å²) in [5.74, 6) is -0.682. The minimum atomic E-state index is -0.365. The fourth-order valence-corrected chi connectivity index (χ4v) is 2.66. The predicted octanol–water partition coefficient (Wildman–Crippen LogP) is 3.44. The minimum absolute atomic E-state index is 0.152. The SMILES string of the molecule is CC(NC(=O)CC(=O)Nc1cccc2cccnc12)c1ccccc1. The number of para-hydroxylation sites is 1. The molecule has 1 aromatic heterocycles. The number of hydrogen-bond donors (Lipinski definition) is 2. The highest BCUT2D eigenvalue weighted by Crippen LogP contribution is 2.20. The lowest BCUT2D eigenvalue weighted by Crippen LogP contribution is -2.30. The molecule has 5 nitrogen and oxygen atoms in total. The number of carbonyl (C=O) groups is 2. The summed E-state index contributed by atoms with van der Waals surface area (Å²) in [6.45, 7) is 1.89. The minimum Gasteiger partial charge on any atom is -0.349 e. The van der Waals surface area contributed by atoms with Crippen LogP contribution < -0.4 is 10.6 Å². The van der Waals surface area contributed by atoms with Crippen LogP contribution in [0.5, 0.6) is 0 Å². The second-order valence-corrected chi connectivity index (χ2v) is 5.81. The number of benzene rings is 2. The van der Waals surface area contributed by atoms with Gasteiger partial charge in [0.05, 0.1) is 17.2 Å². The lowest BCUT2D eigenvalue weighted by atomic mass is 10.1. The van der Waals surface area contributed by atoms with Gasteiger partial charge in [-0.2, -0.15) is 0 Å². The Bertz CT molecular complexity index is 888. The average Bonchev–Trinajstić information content (AvgIpc) is 2.62. The standard InChI is InChI=1S/C20H19N3O2/c1-14(15-7-3-2-4-8-15)22-18(24)13-19(25)23-17-11-5-9-16-10-6-12-21-20(16)17/h2-12,14H,13H2,1H3,(H,22,24)(H,23,25). The monoisotopic (exact) mass is 333 g/mol. The Morgan fingerprint density at radius 3 is 2.52 bits per heavy atom. The third-order valence-corrected chi connectivity index (χ3v) is 3.90. The van der Waals surface area contributed by atoms with Gasteiger partial charge in [-0.05, 0) is 24.6 Å². The van der Waals surface area contributed by atoms with Gasteiger partial charge in [0.25, 0.3) is 0 Å². The van der Waals surface area contributed by atoms with Gasteiger partial charge in [-0.25, -0.2) is 0 Å². The third kappa shape index (κ3) is 4.20. The van der Waals surface area contributed by atoms with Crippen LogP contribution in [0.4, 0.5) is 5.69 Å². The van der Waals surface area contributed by atoms with E-state index in [2.05, 4.69) is 15.6 Å². The highest BCUT2D eigenvalue weighted by molar-refractivity contribution is 6.07. The maximum absolute atomic E-state index is 12.2. The van der Waals surface area contributed by atoms with Crippen LogP contribution in [0.15, 0.2) is 66.9 Å². The molecular weight excluding hydrogens is 314 g/mol. The number of aromatic nitrogens is 1. The van der Waals surface area contributed by atoms with Gasteiger partial charge in [0, 0.05) is 11.6 Å². The third-order valence-electron chi connectivity index (χ3n) is 3.90. The molecule has 3 aromatic rings. The van der Waals surface area contributed by atoms with E-state index in [1.54, 1.807) is 12.3 Å². The predicted molar refractivity (Wildman–Crippen MR) is 98.0 cm³/mol. The highest BCUT2D eigenvalue weighted by Gasteiger charge is 2.14. The molecule has 1 atom stereocenters. The molecule has 1 heterocycles. The zero-order chi connectivity index (χ0) is 17.6. The van der Waals surface area contributed by atoms with Crippen LogP contribution in [0.25, 0.3) is 10.9 Å². The molecule has 2 amide bonds. The molecule has 0 aliphatic carbocycles. The van der Waals surface area contributed by atoms with Gasteiger partial charge in [0.1, 0.15) is 6.42 Å². The number of nitrogens with one attached hydrogen (secondary N) is 2. The topological polar surface area (TPSA) is 71.1 Å². The fourth-order valence-electron chi connectivity index (χ4n) is 2.66. The van der Waals surface area contributed by atoms with E-state index in [1.807, 2.05) is 61.5 Å². The van der Waals surface area contributed by atoms with E-state index >= 15 is 0 Å². The molecule has 0 aliphatic rings. The normalized spacial score (nSPS) is 11.7. The summed E-state index contributed by atoms with van der Waals surface area (Å²) in [6, 6.07) is 18.8. The van der Waals surface area contributed by atoms with Gasteiger partial charge in [-0.15, -0.1) is 0 Å². The quantitative estimate of drug-likeness (QED) is 0.703. The van der Waals surface area contributed by atoms with Crippen molar-refractivity contribution >= 4 is 28.4 Å². The maximum Gasteiger partial charge on any atom is 0.233 e. The Morgan fingerprint density at radius 2 is 1.72 bits per heavy atom. The molecule has 5 heteroatoms. The first-order valence-electron chi connectivity index (χ1n) is 8.11. The van der Waals surface area contributed by atoms with E-state index in [1.165, 1.54) is 0 Å². The van der Waals surface area contributed by atoms with Crippen LogP contribution in [0, 0.1) is 0 Å². The number of anilines is 1. The van der Waals surface area contributed by atoms with Gasteiger partial charge in [-0.3, -0.25) is 14.6 Å². The molecule has 0 saturated heterocycles. The van der Waals surface area contributed by atoms with E-state index < -0.39 is 0 Å². The summed E-state index contributed by atoms with van der Waals surface area (Å²) in [6.07, 6.45) is 1.44. The van der Waals surface area contributed by atoms with Crippen LogP contribution in [-0.2, 0) is 9.59 Å². The summed E-state index contributed by atoms with van der Waals surface area (Å²) in [5, 5.41) is 6.53. The molecule has 3 rings (SSSR count). The molecule has 2 aromatic carbocycles. The molecule has 126 valence electrons. The van der Waals surface area contributed by atoms with E-state index in [4.69, 9.17) is 0 Å². The number of amides is 2. The number of carbonyl (C=O) groups excluding carboxylic acids is 2. The summed E-state index contributed by atoms with van der Waals surface area (Å²) in [7, 11) is 0. The zero-order valence-corrected chi connectivity index (χ0v) is 13.9. The number of rotatable bonds is 5. The highest BCUT2D eigenvalue weighted by atomic mass is 16.2. The number of fused-ring (bicyclic) bond motifs is 1. The first-order valence-corrected chi connectivity index (χ1v) is 8.11. The van der Waals surface area contributed by atoms with Crippen LogP contribution in [0.3, 0.4) is 0 Å². The van der Waals surface area contributed by atoms with Gasteiger partial charge < -0.3 is 10.6 Å². The molecule has 0 saturated carbocycles. The molecule has 0 fully saturated rings. The number of pyridine rings is 1. The Kier molecular flexibility index (Phi) is 5.04. The molecule has 0 aliphatic heterocycles. The number of hydrogen-bond acceptors (Lipinski definition) is 3. The van der Waals surface area contributed by atoms with Gasteiger partial charge >= 0.3 is 0 Å². The van der Waals surface area contributed by atoms with Gasteiger partial charge in [-0.1, -0.05) is 48.5 Å². The van der Waals surface area contributed by atoms with Crippen molar-refractivity contribution in [2.75, 3.05) is 5.32 Å². The second kappa shape index (κ2) is 7.57. The van der Waals surface area contributed by atoms with Crippen molar-refractivity contribution in [2.45, 2.75) is 19.4 Å². The van der Waals surface area contributed by atoms with E-state index in [9.17, 15) is 9.59 Å². The molecule has 2 N–H and O–H groups in total. The van der Waals surface area contributed by atoms with Crippen LogP contribution in [-0.4, -0.2) is 16.8 Å². The summed E-state index contributed by atoms with van der Waals surface area (Å²) in [4.78, 5) is 28.6. The Labute approximate surface area is 146 Å². The smallest absolute Gasteiger partial charge is 0.233 e. The molecule has 0 radical (unpaired) electrons. The molecule has 25 heavy (non-hydrogen) atoms. The van der Waals surface area contributed by atoms with Crippen molar-refractivity contribution < 1.29 is 9.59 Å². The van der Waals surface area contributed by atoms with Crippen molar-refractivity contribution in [1.29, 1.82) is 0 Å². The lowest BCUT2D eigenvalue weighted by molar-refractivity contribution is -0.127. The number of nitrogens with zero attached hydrogens (tertiary/aromatic N) is 1. The van der Waals surface area contributed by atoms with Crippen molar-refractivity contribution in [3.63, 3.8) is 0 Å². The fraction of sp³-hybridized carbons (Fsp3) is 0.150. The van der Waals surface area contributed by atoms with Crippen LogP contribution >= 0.6 is 0 Å². The molecule has 0 bridgehead atoms. The van der Waals surface area contributed by atoms with Gasteiger partial charge in [0.15, 0.2) is 0 Å². The first kappa shape index (κ1) is 16.6. The molecular formula is C20H19N3O2. The van der Waals surface area contributed by atoms with E-state index in [0.29, 0.717) is 11.2 Å².